The smallest absolute Gasteiger partial charge is 0.310 e. The standard InChI is InChI=1S/C21H28O3/c1-12(22)21(11-13-2-4-18(21)5-3-13)24-20(23)19-16-7-14-6-15(9-16)10-17(19)8-14/h2,4,13-19H,3,5-11H2,1H3. The van der Waals surface area contributed by atoms with Crippen LogP contribution in [0, 0.1) is 41.4 Å². The number of esters is 1. The first kappa shape index (κ1) is 15.2. The maximum absolute atomic E-state index is 13.2. The van der Waals surface area contributed by atoms with Gasteiger partial charge in [0.2, 0.25) is 0 Å². The lowest BCUT2D eigenvalue weighted by Crippen LogP contribution is -2.56. The molecule has 3 atom stereocenters. The fourth-order valence-electron chi connectivity index (χ4n) is 7.13. The first-order valence-electron chi connectivity index (χ1n) is 9.97. The Balaban J connectivity index is 1.39. The van der Waals surface area contributed by atoms with E-state index in [0.717, 1.165) is 24.7 Å². The van der Waals surface area contributed by atoms with Crippen molar-refractivity contribution in [3.63, 3.8) is 0 Å². The minimum absolute atomic E-state index is 0.0417. The molecule has 24 heavy (non-hydrogen) atoms. The number of hydrogen-bond donors (Lipinski definition) is 0. The molecule has 0 heterocycles. The number of Topliss-reactive ketones (excluding diaryl/α,β-unsaturated/α-hetero) is 1. The van der Waals surface area contributed by atoms with Gasteiger partial charge in [-0.2, -0.15) is 0 Å². The molecule has 0 N–H and O–H groups in total. The summed E-state index contributed by atoms with van der Waals surface area (Å²) in [6.07, 6.45) is 13.4. The summed E-state index contributed by atoms with van der Waals surface area (Å²) in [5.41, 5.74) is -0.858. The highest BCUT2D eigenvalue weighted by Gasteiger charge is 2.56. The van der Waals surface area contributed by atoms with Crippen LogP contribution in [-0.2, 0) is 14.3 Å². The number of ketones is 1. The maximum Gasteiger partial charge on any atom is 0.310 e. The van der Waals surface area contributed by atoms with Gasteiger partial charge in [0.25, 0.3) is 0 Å². The number of carbonyl (C=O) groups excluding carboxylic acids is 2. The Kier molecular flexibility index (Phi) is 3.28. The molecule has 0 aromatic carbocycles. The van der Waals surface area contributed by atoms with Gasteiger partial charge in [0.05, 0.1) is 5.92 Å². The first-order chi connectivity index (χ1) is 11.5. The van der Waals surface area contributed by atoms with Crippen LogP contribution < -0.4 is 0 Å². The number of fused-ring (bicyclic) bond motifs is 2. The Morgan fingerprint density at radius 2 is 1.62 bits per heavy atom. The zero-order valence-corrected chi connectivity index (χ0v) is 14.6. The SMILES string of the molecule is CC(=O)C1(OC(=O)C2C3CC4CC(C3)CC2C4)CC2C=CC1CC2. The molecule has 5 saturated carbocycles. The molecule has 7 aliphatic carbocycles. The molecular weight excluding hydrogens is 300 g/mol. The normalized spacial score (nSPS) is 51.0. The van der Waals surface area contributed by atoms with Gasteiger partial charge in [-0.15, -0.1) is 0 Å². The largest absolute Gasteiger partial charge is 0.450 e. The lowest BCUT2D eigenvalue weighted by Gasteiger charge is -2.54. The van der Waals surface area contributed by atoms with Crippen LogP contribution in [-0.4, -0.2) is 17.4 Å². The van der Waals surface area contributed by atoms with Crippen molar-refractivity contribution in [2.24, 2.45) is 41.4 Å². The number of ether oxygens (including phenoxy) is 1. The van der Waals surface area contributed by atoms with E-state index < -0.39 is 5.60 Å². The topological polar surface area (TPSA) is 43.4 Å². The second-order valence-electron chi connectivity index (χ2n) is 9.36. The lowest BCUT2D eigenvalue weighted by molar-refractivity contribution is -0.191. The van der Waals surface area contributed by atoms with Gasteiger partial charge >= 0.3 is 5.97 Å². The molecule has 6 bridgehead atoms. The molecule has 130 valence electrons. The van der Waals surface area contributed by atoms with Crippen LogP contribution in [0.4, 0.5) is 0 Å². The van der Waals surface area contributed by atoms with Crippen molar-refractivity contribution in [1.29, 1.82) is 0 Å². The van der Waals surface area contributed by atoms with Gasteiger partial charge in [0, 0.05) is 12.3 Å². The number of carbonyl (C=O) groups is 2. The molecule has 0 aromatic heterocycles. The van der Waals surface area contributed by atoms with E-state index in [-0.39, 0.29) is 23.6 Å². The zero-order chi connectivity index (χ0) is 16.5. The maximum atomic E-state index is 13.2. The average molecular weight is 328 g/mol. The van der Waals surface area contributed by atoms with Crippen LogP contribution in [0.2, 0.25) is 0 Å². The van der Waals surface area contributed by atoms with E-state index in [1.807, 2.05) is 0 Å². The second kappa shape index (κ2) is 5.19. The summed E-state index contributed by atoms with van der Waals surface area (Å²) in [6, 6.07) is 0. The fraction of sp³-hybridized carbons (Fsp3) is 0.810. The molecule has 0 aromatic rings. The Morgan fingerprint density at radius 3 is 2.08 bits per heavy atom. The summed E-state index contributed by atoms with van der Waals surface area (Å²) in [7, 11) is 0. The molecule has 7 rings (SSSR count). The van der Waals surface area contributed by atoms with Gasteiger partial charge in [-0.3, -0.25) is 9.59 Å². The van der Waals surface area contributed by atoms with E-state index in [1.165, 1.54) is 32.1 Å². The quantitative estimate of drug-likeness (QED) is 0.582. The third-order valence-electron chi connectivity index (χ3n) is 8.01. The lowest BCUT2D eigenvalue weighted by atomic mass is 9.52. The van der Waals surface area contributed by atoms with E-state index >= 15 is 0 Å². The van der Waals surface area contributed by atoms with Gasteiger partial charge in [0.15, 0.2) is 11.4 Å². The predicted molar refractivity (Wildman–Crippen MR) is 90.0 cm³/mol. The van der Waals surface area contributed by atoms with Crippen LogP contribution in [0.1, 0.15) is 58.3 Å². The highest BCUT2D eigenvalue weighted by molar-refractivity contribution is 5.89. The van der Waals surface area contributed by atoms with Crippen LogP contribution in [0.5, 0.6) is 0 Å². The Morgan fingerprint density at radius 1 is 0.958 bits per heavy atom. The zero-order valence-electron chi connectivity index (χ0n) is 14.6. The minimum atomic E-state index is -0.858. The molecule has 7 aliphatic rings. The number of allylic oxidation sites excluding steroid dienone is 1. The van der Waals surface area contributed by atoms with Crippen LogP contribution in [0.25, 0.3) is 0 Å². The van der Waals surface area contributed by atoms with Gasteiger partial charge < -0.3 is 4.74 Å². The number of hydrogen-bond acceptors (Lipinski definition) is 3. The highest BCUT2D eigenvalue weighted by Crippen LogP contribution is 2.57. The first-order valence-corrected chi connectivity index (χ1v) is 9.97. The van der Waals surface area contributed by atoms with Gasteiger partial charge in [-0.1, -0.05) is 12.2 Å². The van der Waals surface area contributed by atoms with Crippen molar-refractivity contribution in [3.8, 4) is 0 Å². The molecule has 3 unspecified atom stereocenters. The molecule has 0 radical (unpaired) electrons. The summed E-state index contributed by atoms with van der Waals surface area (Å²) < 4.78 is 6.16. The van der Waals surface area contributed by atoms with E-state index in [1.54, 1.807) is 6.92 Å². The molecule has 3 nitrogen and oxygen atoms in total. The van der Waals surface area contributed by atoms with E-state index in [4.69, 9.17) is 4.74 Å². The summed E-state index contributed by atoms with van der Waals surface area (Å²) in [5, 5.41) is 0. The van der Waals surface area contributed by atoms with Crippen molar-refractivity contribution in [3.05, 3.63) is 12.2 Å². The summed E-state index contributed by atoms with van der Waals surface area (Å²) in [6.45, 7) is 1.62. The highest BCUT2D eigenvalue weighted by atomic mass is 16.6. The van der Waals surface area contributed by atoms with E-state index in [0.29, 0.717) is 24.2 Å². The van der Waals surface area contributed by atoms with Gasteiger partial charge in [0.1, 0.15) is 0 Å². The van der Waals surface area contributed by atoms with Crippen molar-refractivity contribution >= 4 is 11.8 Å². The third-order valence-corrected chi connectivity index (χ3v) is 8.01. The second-order valence-corrected chi connectivity index (χ2v) is 9.36. The van der Waals surface area contributed by atoms with Crippen molar-refractivity contribution < 1.29 is 14.3 Å². The van der Waals surface area contributed by atoms with Crippen molar-refractivity contribution in [2.75, 3.05) is 0 Å². The van der Waals surface area contributed by atoms with E-state index in [2.05, 4.69) is 12.2 Å². The average Bonchev–Trinajstić information content (AvgIpc) is 2.54. The van der Waals surface area contributed by atoms with E-state index in [9.17, 15) is 9.59 Å². The molecule has 3 heteroatoms. The van der Waals surface area contributed by atoms with Crippen LogP contribution in [0.15, 0.2) is 12.2 Å². The van der Waals surface area contributed by atoms with Crippen molar-refractivity contribution in [2.45, 2.75) is 63.9 Å². The fourth-order valence-corrected chi connectivity index (χ4v) is 7.13. The van der Waals surface area contributed by atoms with Gasteiger partial charge in [-0.05, 0) is 81.5 Å². The molecule has 0 saturated heterocycles. The van der Waals surface area contributed by atoms with Gasteiger partial charge in [-0.25, -0.2) is 0 Å². The minimum Gasteiger partial charge on any atom is -0.450 e. The predicted octanol–water partition coefficient (Wildman–Crippen LogP) is 3.92. The van der Waals surface area contributed by atoms with Crippen LogP contribution >= 0.6 is 0 Å². The summed E-state index contributed by atoms with van der Waals surface area (Å²) in [5.74, 6) is 3.34. The Labute approximate surface area is 144 Å². The van der Waals surface area contributed by atoms with Crippen molar-refractivity contribution in [1.82, 2.24) is 0 Å². The molecular formula is C21H28O3. The molecule has 5 fully saturated rings. The van der Waals surface area contributed by atoms with Crippen LogP contribution in [0.3, 0.4) is 0 Å². The molecule has 0 spiro atoms. The summed E-state index contributed by atoms with van der Waals surface area (Å²) in [4.78, 5) is 25.7. The Bertz CT molecular complexity index is 578. The monoisotopic (exact) mass is 328 g/mol. The third kappa shape index (κ3) is 2.09. The number of rotatable bonds is 3. The molecule has 0 amide bonds. The molecule has 0 aliphatic heterocycles. The Hall–Kier alpha value is -1.12. The summed E-state index contributed by atoms with van der Waals surface area (Å²) >= 11 is 0.